The first-order valence-corrected chi connectivity index (χ1v) is 11.4. The molecule has 0 atom stereocenters. The van der Waals surface area contributed by atoms with Crippen LogP contribution in [0.5, 0.6) is 5.75 Å². The van der Waals surface area contributed by atoms with Gasteiger partial charge in [-0.05, 0) is 62.2 Å². The maximum absolute atomic E-state index is 12.6. The van der Waals surface area contributed by atoms with Gasteiger partial charge in [0.05, 0.1) is 10.7 Å². The van der Waals surface area contributed by atoms with Crippen molar-refractivity contribution in [3.05, 3.63) is 86.1 Å². The number of ether oxygens (including phenoxy) is 1. The van der Waals surface area contributed by atoms with E-state index in [0.717, 1.165) is 16.1 Å². The van der Waals surface area contributed by atoms with Gasteiger partial charge in [0.25, 0.3) is 5.91 Å². The standard InChI is InChI=1S/C24H20Cl2N2O3S/c1-13-4-5-16(10-14(13)2)22-15(3)32-24(27-22)28-23(29)20-9-7-18(31-20)12-30-21-11-17(25)6-8-19(21)26/h4-11H,12H2,1-3H3,(H,27,28,29). The molecular formula is C24H20Cl2N2O3S. The number of thiazole rings is 1. The molecule has 1 N–H and O–H groups in total. The minimum Gasteiger partial charge on any atom is -0.484 e. The highest BCUT2D eigenvalue weighted by atomic mass is 35.5. The SMILES string of the molecule is Cc1ccc(-c2nc(NC(=O)c3ccc(COc4cc(Cl)ccc4Cl)o3)sc2C)cc1C. The van der Waals surface area contributed by atoms with Crippen LogP contribution < -0.4 is 10.1 Å². The third-order valence-corrected chi connectivity index (χ3v) is 6.38. The van der Waals surface area contributed by atoms with E-state index in [1.807, 2.05) is 13.0 Å². The van der Waals surface area contributed by atoms with Crippen LogP contribution in [0.4, 0.5) is 5.13 Å². The Morgan fingerprint density at radius 3 is 2.66 bits per heavy atom. The summed E-state index contributed by atoms with van der Waals surface area (Å²) in [6.45, 7) is 6.24. The Labute approximate surface area is 200 Å². The Morgan fingerprint density at radius 2 is 1.88 bits per heavy atom. The first kappa shape index (κ1) is 22.4. The van der Waals surface area contributed by atoms with Crippen molar-refractivity contribution >= 4 is 45.6 Å². The van der Waals surface area contributed by atoms with Crippen molar-refractivity contribution in [3.63, 3.8) is 0 Å². The lowest BCUT2D eigenvalue weighted by atomic mass is 10.0. The fraction of sp³-hybridized carbons (Fsp3) is 0.167. The zero-order chi connectivity index (χ0) is 22.8. The van der Waals surface area contributed by atoms with Crippen LogP contribution in [0.3, 0.4) is 0 Å². The number of anilines is 1. The number of halogens is 2. The van der Waals surface area contributed by atoms with Crippen LogP contribution in [-0.4, -0.2) is 10.9 Å². The number of carbonyl (C=O) groups excluding carboxylic acids is 1. The molecule has 164 valence electrons. The molecule has 5 nitrogen and oxygen atoms in total. The Hall–Kier alpha value is -2.80. The lowest BCUT2D eigenvalue weighted by Gasteiger charge is -2.06. The van der Waals surface area contributed by atoms with Crippen molar-refractivity contribution in [2.24, 2.45) is 0 Å². The summed E-state index contributed by atoms with van der Waals surface area (Å²) < 4.78 is 11.3. The van der Waals surface area contributed by atoms with Crippen LogP contribution in [0.15, 0.2) is 52.9 Å². The summed E-state index contributed by atoms with van der Waals surface area (Å²) in [6, 6.07) is 14.5. The van der Waals surface area contributed by atoms with Crippen LogP contribution in [0.1, 0.15) is 32.3 Å². The Kier molecular flexibility index (Phi) is 6.55. The Bertz CT molecular complexity index is 1300. The number of nitrogens with zero attached hydrogens (tertiary/aromatic N) is 1. The molecule has 2 aromatic carbocycles. The van der Waals surface area contributed by atoms with Gasteiger partial charge in [-0.15, -0.1) is 11.3 Å². The number of hydrogen-bond donors (Lipinski definition) is 1. The van der Waals surface area contributed by atoms with Crippen LogP contribution in [-0.2, 0) is 6.61 Å². The monoisotopic (exact) mass is 486 g/mol. The summed E-state index contributed by atoms with van der Waals surface area (Å²) in [5.41, 5.74) is 4.31. The van der Waals surface area contributed by atoms with Gasteiger partial charge in [0.2, 0.25) is 0 Å². The molecule has 0 bridgehead atoms. The molecule has 8 heteroatoms. The number of aromatic nitrogens is 1. The van der Waals surface area contributed by atoms with E-state index in [9.17, 15) is 4.79 Å². The zero-order valence-electron chi connectivity index (χ0n) is 17.7. The molecule has 0 radical (unpaired) electrons. The Morgan fingerprint density at radius 1 is 1.06 bits per heavy atom. The van der Waals surface area contributed by atoms with Crippen LogP contribution in [0, 0.1) is 20.8 Å². The molecule has 0 fully saturated rings. The number of rotatable bonds is 6. The summed E-state index contributed by atoms with van der Waals surface area (Å²) in [5, 5.41) is 4.29. The molecule has 0 aliphatic rings. The van der Waals surface area contributed by atoms with Crippen molar-refractivity contribution in [2.45, 2.75) is 27.4 Å². The summed E-state index contributed by atoms with van der Waals surface area (Å²) >= 11 is 13.5. The molecular weight excluding hydrogens is 467 g/mol. The molecule has 2 aromatic heterocycles. The highest BCUT2D eigenvalue weighted by Crippen LogP contribution is 2.32. The predicted octanol–water partition coefficient (Wildman–Crippen LogP) is 7.47. The fourth-order valence-corrected chi connectivity index (χ4v) is 4.24. The molecule has 32 heavy (non-hydrogen) atoms. The molecule has 0 spiro atoms. The molecule has 4 aromatic rings. The molecule has 0 saturated carbocycles. The molecule has 4 rings (SSSR count). The summed E-state index contributed by atoms with van der Waals surface area (Å²) in [5.74, 6) is 0.717. The van der Waals surface area contributed by atoms with Crippen molar-refractivity contribution in [1.29, 1.82) is 0 Å². The number of carbonyl (C=O) groups is 1. The highest BCUT2D eigenvalue weighted by molar-refractivity contribution is 7.16. The number of hydrogen-bond acceptors (Lipinski definition) is 5. The molecule has 0 aliphatic carbocycles. The third-order valence-electron chi connectivity index (χ3n) is 4.95. The zero-order valence-corrected chi connectivity index (χ0v) is 20.0. The van der Waals surface area contributed by atoms with Gasteiger partial charge < -0.3 is 9.15 Å². The van der Waals surface area contributed by atoms with E-state index >= 15 is 0 Å². The number of amides is 1. The fourth-order valence-electron chi connectivity index (χ4n) is 3.08. The van der Waals surface area contributed by atoms with Gasteiger partial charge >= 0.3 is 0 Å². The van der Waals surface area contributed by atoms with Gasteiger partial charge in [-0.1, -0.05) is 35.3 Å². The normalized spacial score (nSPS) is 10.9. The lowest BCUT2D eigenvalue weighted by molar-refractivity contribution is 0.0992. The van der Waals surface area contributed by atoms with E-state index in [2.05, 4.69) is 36.3 Å². The quantitative estimate of drug-likeness (QED) is 0.307. The maximum Gasteiger partial charge on any atom is 0.293 e. The van der Waals surface area contributed by atoms with E-state index in [1.54, 1.807) is 30.3 Å². The minimum atomic E-state index is -0.377. The topological polar surface area (TPSA) is 64.4 Å². The van der Waals surface area contributed by atoms with E-state index in [0.29, 0.717) is 26.7 Å². The van der Waals surface area contributed by atoms with E-state index in [-0.39, 0.29) is 18.3 Å². The minimum absolute atomic E-state index is 0.112. The van der Waals surface area contributed by atoms with Gasteiger partial charge in [0.15, 0.2) is 10.9 Å². The van der Waals surface area contributed by atoms with E-state index in [1.165, 1.54) is 22.5 Å². The lowest BCUT2D eigenvalue weighted by Crippen LogP contribution is -2.10. The molecule has 2 heterocycles. The van der Waals surface area contributed by atoms with Crippen molar-refractivity contribution < 1.29 is 13.9 Å². The number of benzene rings is 2. The first-order chi connectivity index (χ1) is 15.3. The predicted molar refractivity (Wildman–Crippen MR) is 129 cm³/mol. The van der Waals surface area contributed by atoms with Crippen molar-refractivity contribution in [3.8, 4) is 17.0 Å². The van der Waals surface area contributed by atoms with Gasteiger partial charge in [0.1, 0.15) is 18.1 Å². The summed E-state index contributed by atoms with van der Waals surface area (Å²) in [4.78, 5) is 18.3. The maximum atomic E-state index is 12.6. The van der Waals surface area contributed by atoms with Gasteiger partial charge in [-0.2, -0.15) is 0 Å². The van der Waals surface area contributed by atoms with Crippen LogP contribution in [0.2, 0.25) is 10.0 Å². The second-order valence-electron chi connectivity index (χ2n) is 7.31. The average molecular weight is 487 g/mol. The molecule has 1 amide bonds. The second-order valence-corrected chi connectivity index (χ2v) is 9.35. The molecule has 0 saturated heterocycles. The van der Waals surface area contributed by atoms with Crippen LogP contribution >= 0.6 is 34.5 Å². The highest BCUT2D eigenvalue weighted by Gasteiger charge is 2.16. The second kappa shape index (κ2) is 9.36. The van der Waals surface area contributed by atoms with Gasteiger partial charge in [-0.25, -0.2) is 4.98 Å². The van der Waals surface area contributed by atoms with E-state index in [4.69, 9.17) is 32.4 Å². The van der Waals surface area contributed by atoms with E-state index < -0.39 is 0 Å². The van der Waals surface area contributed by atoms with Gasteiger partial charge in [0, 0.05) is 21.5 Å². The number of nitrogens with one attached hydrogen (secondary N) is 1. The number of aryl methyl sites for hydroxylation is 3. The van der Waals surface area contributed by atoms with Gasteiger partial charge in [-0.3, -0.25) is 10.1 Å². The van der Waals surface area contributed by atoms with Crippen LogP contribution in [0.25, 0.3) is 11.3 Å². The summed E-state index contributed by atoms with van der Waals surface area (Å²) in [7, 11) is 0. The Balaban J connectivity index is 1.43. The largest absolute Gasteiger partial charge is 0.484 e. The number of furan rings is 1. The smallest absolute Gasteiger partial charge is 0.293 e. The first-order valence-electron chi connectivity index (χ1n) is 9.83. The molecule has 0 unspecified atom stereocenters. The third kappa shape index (κ3) is 4.99. The molecule has 0 aliphatic heterocycles. The van der Waals surface area contributed by atoms with Crippen molar-refractivity contribution in [2.75, 3.05) is 5.32 Å². The average Bonchev–Trinajstić information content (AvgIpc) is 3.37. The van der Waals surface area contributed by atoms with Crippen molar-refractivity contribution in [1.82, 2.24) is 4.98 Å². The summed E-state index contributed by atoms with van der Waals surface area (Å²) in [6.07, 6.45) is 0.